The molecule has 0 bridgehead atoms. The lowest BCUT2D eigenvalue weighted by molar-refractivity contribution is 0.0734. The van der Waals surface area contributed by atoms with E-state index in [0.29, 0.717) is 28.4 Å². The number of halogens is 1. The molecule has 0 aliphatic heterocycles. The van der Waals surface area contributed by atoms with Crippen LogP contribution < -0.4 is 14.2 Å². The predicted octanol–water partition coefficient (Wildman–Crippen LogP) is 5.58. The Kier molecular flexibility index (Phi) is 7.03. The minimum atomic E-state index is -0.456. The number of rotatable bonds is 7. The average Bonchev–Trinajstić information content (AvgIpc) is 2.77. The highest BCUT2D eigenvalue weighted by molar-refractivity contribution is 9.10. The minimum Gasteiger partial charge on any atom is -0.497 e. The Morgan fingerprint density at radius 2 is 1.63 bits per heavy atom. The fraction of sp³-hybridized carbons (Fsp3) is 0.0833. The fourth-order valence-corrected chi connectivity index (χ4v) is 2.96. The molecule has 0 aromatic heterocycles. The number of hydrogen-bond donors (Lipinski definition) is 0. The lowest BCUT2D eigenvalue weighted by Crippen LogP contribution is -2.08. The summed E-state index contributed by atoms with van der Waals surface area (Å²) in [6, 6.07) is 18.8. The van der Waals surface area contributed by atoms with E-state index in [0.717, 1.165) is 10.0 Å². The lowest BCUT2D eigenvalue weighted by Gasteiger charge is -2.08. The molecule has 5 nitrogen and oxygen atoms in total. The van der Waals surface area contributed by atoms with E-state index in [1.54, 1.807) is 73.8 Å². The van der Waals surface area contributed by atoms with E-state index in [4.69, 9.17) is 14.2 Å². The van der Waals surface area contributed by atoms with Crippen LogP contribution in [-0.4, -0.2) is 26.0 Å². The summed E-state index contributed by atoms with van der Waals surface area (Å²) < 4.78 is 16.7. The van der Waals surface area contributed by atoms with Crippen molar-refractivity contribution in [1.29, 1.82) is 0 Å². The molecule has 0 radical (unpaired) electrons. The first-order valence-electron chi connectivity index (χ1n) is 9.02. The zero-order valence-electron chi connectivity index (χ0n) is 16.4. The van der Waals surface area contributed by atoms with E-state index in [1.807, 2.05) is 6.07 Å². The van der Waals surface area contributed by atoms with E-state index in [1.165, 1.54) is 13.2 Å². The number of carbonyl (C=O) groups excluding carboxylic acids is 2. The van der Waals surface area contributed by atoms with Crippen LogP contribution in [0.4, 0.5) is 0 Å². The number of esters is 1. The van der Waals surface area contributed by atoms with Crippen molar-refractivity contribution in [3.05, 3.63) is 94.0 Å². The molecule has 0 amide bonds. The Morgan fingerprint density at radius 1 is 0.867 bits per heavy atom. The third-order valence-electron chi connectivity index (χ3n) is 4.25. The molecule has 0 aliphatic carbocycles. The van der Waals surface area contributed by atoms with Crippen molar-refractivity contribution < 1.29 is 23.8 Å². The summed E-state index contributed by atoms with van der Waals surface area (Å²) in [5.41, 5.74) is 1.59. The van der Waals surface area contributed by atoms with Crippen LogP contribution in [0.3, 0.4) is 0 Å². The van der Waals surface area contributed by atoms with Crippen LogP contribution in [0.5, 0.6) is 17.2 Å². The topological polar surface area (TPSA) is 61.8 Å². The minimum absolute atomic E-state index is 0.216. The molecule has 6 heteroatoms. The molecular formula is C24H19BrO5. The molecule has 3 aromatic rings. The predicted molar refractivity (Wildman–Crippen MR) is 118 cm³/mol. The van der Waals surface area contributed by atoms with Crippen LogP contribution in [0.15, 0.2) is 77.3 Å². The normalized spacial score (nSPS) is 10.6. The van der Waals surface area contributed by atoms with Crippen molar-refractivity contribution in [2.24, 2.45) is 0 Å². The Labute approximate surface area is 183 Å². The Bertz CT molecular complexity index is 1090. The fourth-order valence-electron chi connectivity index (χ4n) is 2.70. The summed E-state index contributed by atoms with van der Waals surface area (Å²) in [7, 11) is 3.05. The lowest BCUT2D eigenvalue weighted by atomic mass is 10.1. The zero-order chi connectivity index (χ0) is 21.5. The number of methoxy groups -OCH3 is 2. The molecule has 152 valence electrons. The van der Waals surface area contributed by atoms with E-state index in [-0.39, 0.29) is 5.78 Å². The van der Waals surface area contributed by atoms with Crippen molar-refractivity contribution in [2.75, 3.05) is 14.2 Å². The van der Waals surface area contributed by atoms with Gasteiger partial charge in [-0.05, 0) is 60.2 Å². The quantitative estimate of drug-likeness (QED) is 0.197. The van der Waals surface area contributed by atoms with Gasteiger partial charge in [-0.25, -0.2) is 4.79 Å². The molecule has 30 heavy (non-hydrogen) atoms. The van der Waals surface area contributed by atoms with Crippen molar-refractivity contribution in [3.63, 3.8) is 0 Å². The van der Waals surface area contributed by atoms with E-state index in [9.17, 15) is 9.59 Å². The maximum Gasteiger partial charge on any atom is 0.343 e. The van der Waals surface area contributed by atoms with E-state index >= 15 is 0 Å². The van der Waals surface area contributed by atoms with Crippen LogP contribution in [0.25, 0.3) is 6.08 Å². The average molecular weight is 467 g/mol. The van der Waals surface area contributed by atoms with Gasteiger partial charge in [0.1, 0.15) is 17.2 Å². The highest BCUT2D eigenvalue weighted by Crippen LogP contribution is 2.25. The van der Waals surface area contributed by atoms with Crippen molar-refractivity contribution >= 4 is 33.8 Å². The first-order chi connectivity index (χ1) is 14.5. The Balaban J connectivity index is 1.73. The van der Waals surface area contributed by atoms with Gasteiger partial charge in [0.05, 0.1) is 25.3 Å². The maximum atomic E-state index is 12.6. The van der Waals surface area contributed by atoms with Crippen LogP contribution in [0.2, 0.25) is 0 Å². The largest absolute Gasteiger partial charge is 0.497 e. The molecule has 0 N–H and O–H groups in total. The SMILES string of the molecule is COc1ccc(C(=O)C=Cc2cccc(OC(=O)c3ccc(Br)cc3)c2)c(OC)c1. The van der Waals surface area contributed by atoms with Gasteiger partial charge < -0.3 is 14.2 Å². The summed E-state index contributed by atoms with van der Waals surface area (Å²) >= 11 is 3.33. The second-order valence-electron chi connectivity index (χ2n) is 6.23. The van der Waals surface area contributed by atoms with Gasteiger partial charge in [-0.3, -0.25) is 4.79 Å². The zero-order valence-corrected chi connectivity index (χ0v) is 18.0. The van der Waals surface area contributed by atoms with Crippen molar-refractivity contribution in [1.82, 2.24) is 0 Å². The first kappa shape index (κ1) is 21.3. The second kappa shape index (κ2) is 9.89. The van der Waals surface area contributed by atoms with Gasteiger partial charge in [-0.2, -0.15) is 0 Å². The second-order valence-corrected chi connectivity index (χ2v) is 7.15. The smallest absolute Gasteiger partial charge is 0.343 e. The molecular weight excluding hydrogens is 448 g/mol. The summed E-state index contributed by atoms with van der Waals surface area (Å²) in [5.74, 6) is 0.753. The maximum absolute atomic E-state index is 12.6. The molecule has 0 saturated carbocycles. The summed E-state index contributed by atoms with van der Waals surface area (Å²) in [6.45, 7) is 0. The van der Waals surface area contributed by atoms with Gasteiger partial charge >= 0.3 is 5.97 Å². The number of benzene rings is 3. The molecule has 3 rings (SSSR count). The Hall–Kier alpha value is -3.38. The van der Waals surface area contributed by atoms with Gasteiger partial charge in [0.2, 0.25) is 0 Å². The monoisotopic (exact) mass is 466 g/mol. The molecule has 0 unspecified atom stereocenters. The molecule has 0 fully saturated rings. The van der Waals surface area contributed by atoms with Gasteiger partial charge in [-0.1, -0.05) is 34.1 Å². The summed E-state index contributed by atoms with van der Waals surface area (Å²) in [5, 5.41) is 0. The van der Waals surface area contributed by atoms with Gasteiger partial charge in [0.15, 0.2) is 5.78 Å². The Morgan fingerprint density at radius 3 is 2.33 bits per heavy atom. The van der Waals surface area contributed by atoms with Crippen molar-refractivity contribution in [3.8, 4) is 17.2 Å². The molecule has 0 heterocycles. The number of carbonyl (C=O) groups is 2. The highest BCUT2D eigenvalue weighted by Gasteiger charge is 2.11. The van der Waals surface area contributed by atoms with Gasteiger partial charge in [-0.15, -0.1) is 0 Å². The van der Waals surface area contributed by atoms with Crippen LogP contribution >= 0.6 is 15.9 Å². The summed E-state index contributed by atoms with van der Waals surface area (Å²) in [6.07, 6.45) is 3.10. The standard InChI is InChI=1S/C24H19BrO5/c1-28-19-11-12-21(23(15-19)29-2)22(26)13-6-16-4-3-5-20(14-16)30-24(27)17-7-9-18(25)10-8-17/h3-15H,1-2H3. The number of allylic oxidation sites excluding steroid dienone is 1. The third-order valence-corrected chi connectivity index (χ3v) is 4.78. The molecule has 0 aliphatic rings. The molecule has 0 spiro atoms. The third kappa shape index (κ3) is 5.36. The first-order valence-corrected chi connectivity index (χ1v) is 9.81. The number of ether oxygens (including phenoxy) is 3. The van der Waals surface area contributed by atoms with Crippen molar-refractivity contribution in [2.45, 2.75) is 0 Å². The highest BCUT2D eigenvalue weighted by atomic mass is 79.9. The molecule has 0 saturated heterocycles. The van der Waals surface area contributed by atoms with E-state index < -0.39 is 5.97 Å². The van der Waals surface area contributed by atoms with Crippen LogP contribution in [-0.2, 0) is 0 Å². The molecule has 3 aromatic carbocycles. The van der Waals surface area contributed by atoms with Crippen LogP contribution in [0, 0.1) is 0 Å². The van der Waals surface area contributed by atoms with E-state index in [2.05, 4.69) is 15.9 Å². The van der Waals surface area contributed by atoms with Crippen LogP contribution in [0.1, 0.15) is 26.3 Å². The summed E-state index contributed by atoms with van der Waals surface area (Å²) in [4.78, 5) is 24.9. The number of ketones is 1. The number of hydrogen-bond acceptors (Lipinski definition) is 5. The molecule has 0 atom stereocenters. The van der Waals surface area contributed by atoms with Gasteiger partial charge in [0, 0.05) is 10.5 Å². The van der Waals surface area contributed by atoms with Gasteiger partial charge in [0.25, 0.3) is 0 Å².